The molecular weight excluding hydrogens is 414 g/mol. The monoisotopic (exact) mass is 425 g/mol. The van der Waals surface area contributed by atoms with Crippen molar-refractivity contribution in [2.45, 2.75) is 0 Å². The minimum absolute atomic E-state index is 0.162. The summed E-state index contributed by atoms with van der Waals surface area (Å²) in [6, 6.07) is 14.2. The number of fused-ring (bicyclic) bond motifs is 1. The van der Waals surface area contributed by atoms with Gasteiger partial charge in [-0.25, -0.2) is 4.98 Å². The van der Waals surface area contributed by atoms with E-state index in [1.807, 2.05) is 23.6 Å². The van der Waals surface area contributed by atoms with Crippen LogP contribution in [0.4, 0.5) is 5.13 Å². The normalized spacial score (nSPS) is 12.2. The number of rotatable bonds is 4. The van der Waals surface area contributed by atoms with Crippen LogP contribution in [-0.4, -0.2) is 22.8 Å². The fraction of sp³-hybridized carbons (Fsp3) is 0.0500. The molecular formula is C20H12ClN3O4S. The molecule has 3 heterocycles. The summed E-state index contributed by atoms with van der Waals surface area (Å²) in [5, 5.41) is 9.52. The first-order valence-corrected chi connectivity index (χ1v) is 9.81. The third-order valence-electron chi connectivity index (χ3n) is 4.26. The van der Waals surface area contributed by atoms with E-state index in [9.17, 15) is 4.79 Å². The molecule has 7 nitrogen and oxygen atoms in total. The van der Waals surface area contributed by atoms with Crippen LogP contribution in [0, 0.1) is 0 Å². The topological polar surface area (TPSA) is 86.5 Å². The first-order valence-electron chi connectivity index (χ1n) is 8.55. The molecule has 0 saturated heterocycles. The van der Waals surface area contributed by atoms with Crippen molar-refractivity contribution in [1.82, 2.24) is 10.1 Å². The second-order valence-corrected chi connectivity index (χ2v) is 7.44. The van der Waals surface area contributed by atoms with Gasteiger partial charge in [0.15, 0.2) is 28.1 Å². The fourth-order valence-electron chi connectivity index (χ4n) is 2.81. The summed E-state index contributed by atoms with van der Waals surface area (Å²) in [6.45, 7) is 0.215. The number of thiazole rings is 1. The molecule has 0 radical (unpaired) electrons. The van der Waals surface area contributed by atoms with Gasteiger partial charge in [0, 0.05) is 27.6 Å². The van der Waals surface area contributed by atoms with Crippen LogP contribution < -0.4 is 14.8 Å². The second-order valence-electron chi connectivity index (χ2n) is 6.14. The number of nitrogens with one attached hydrogen (secondary N) is 1. The summed E-state index contributed by atoms with van der Waals surface area (Å²) in [5.41, 5.74) is 2.54. The molecule has 0 bridgehead atoms. The molecule has 29 heavy (non-hydrogen) atoms. The van der Waals surface area contributed by atoms with Gasteiger partial charge in [0.25, 0.3) is 5.91 Å². The van der Waals surface area contributed by atoms with E-state index in [0.717, 1.165) is 16.8 Å². The molecule has 0 unspecified atom stereocenters. The Kier molecular flexibility index (Phi) is 4.42. The minimum Gasteiger partial charge on any atom is -0.454 e. The van der Waals surface area contributed by atoms with Crippen molar-refractivity contribution in [3.05, 3.63) is 64.6 Å². The maximum atomic E-state index is 12.5. The number of hydrogen-bond acceptors (Lipinski definition) is 7. The average Bonchev–Trinajstić information content (AvgIpc) is 3.48. The van der Waals surface area contributed by atoms with Gasteiger partial charge in [-0.3, -0.25) is 10.1 Å². The van der Waals surface area contributed by atoms with E-state index in [1.54, 1.807) is 30.3 Å². The van der Waals surface area contributed by atoms with Gasteiger partial charge in [-0.1, -0.05) is 16.8 Å². The van der Waals surface area contributed by atoms with Gasteiger partial charge < -0.3 is 14.0 Å². The largest absolute Gasteiger partial charge is 0.454 e. The number of hydrogen-bond donors (Lipinski definition) is 1. The van der Waals surface area contributed by atoms with Gasteiger partial charge in [-0.15, -0.1) is 11.3 Å². The Morgan fingerprint density at radius 3 is 2.69 bits per heavy atom. The lowest BCUT2D eigenvalue weighted by Crippen LogP contribution is -2.11. The molecule has 0 atom stereocenters. The molecule has 0 aliphatic carbocycles. The Labute approximate surface area is 173 Å². The molecule has 0 fully saturated rings. The molecule has 2 aromatic heterocycles. The molecule has 5 rings (SSSR count). The quantitative estimate of drug-likeness (QED) is 0.489. The van der Waals surface area contributed by atoms with Crippen LogP contribution in [0.2, 0.25) is 5.02 Å². The van der Waals surface area contributed by atoms with Gasteiger partial charge in [0.05, 0.1) is 5.69 Å². The van der Waals surface area contributed by atoms with Crippen LogP contribution in [0.25, 0.3) is 22.6 Å². The van der Waals surface area contributed by atoms with E-state index in [2.05, 4.69) is 15.5 Å². The lowest BCUT2D eigenvalue weighted by atomic mass is 10.1. The standard InChI is InChI=1S/C20H12ClN3O4S/c21-13-4-1-11(2-5-13)17-8-14(24-28-17)19(25)23-20-22-15(9-29-20)12-3-6-16-18(7-12)27-10-26-16/h1-9H,10H2,(H,22,23,25). The predicted molar refractivity (Wildman–Crippen MR) is 109 cm³/mol. The zero-order valence-corrected chi connectivity index (χ0v) is 16.3. The average molecular weight is 426 g/mol. The summed E-state index contributed by atoms with van der Waals surface area (Å²) in [7, 11) is 0. The van der Waals surface area contributed by atoms with Crippen molar-refractivity contribution in [3.8, 4) is 34.1 Å². The number of amides is 1. The van der Waals surface area contributed by atoms with Crippen molar-refractivity contribution in [3.63, 3.8) is 0 Å². The Morgan fingerprint density at radius 1 is 1.03 bits per heavy atom. The van der Waals surface area contributed by atoms with Gasteiger partial charge in [0.2, 0.25) is 6.79 Å². The fourth-order valence-corrected chi connectivity index (χ4v) is 3.65. The number of nitrogens with zero attached hydrogens (tertiary/aromatic N) is 2. The Bertz CT molecular complexity index is 1200. The van der Waals surface area contributed by atoms with Gasteiger partial charge in [0.1, 0.15) is 0 Å². The molecule has 1 amide bonds. The molecule has 1 aliphatic heterocycles. The summed E-state index contributed by atoms with van der Waals surface area (Å²) in [5.74, 6) is 1.46. The number of aromatic nitrogens is 2. The van der Waals surface area contributed by atoms with E-state index >= 15 is 0 Å². The van der Waals surface area contributed by atoms with E-state index in [4.69, 9.17) is 25.6 Å². The molecule has 1 N–H and O–H groups in total. The van der Waals surface area contributed by atoms with Crippen LogP contribution in [0.15, 0.2) is 58.4 Å². The molecule has 4 aromatic rings. The highest BCUT2D eigenvalue weighted by molar-refractivity contribution is 7.14. The van der Waals surface area contributed by atoms with Crippen molar-refractivity contribution in [2.24, 2.45) is 0 Å². The summed E-state index contributed by atoms with van der Waals surface area (Å²) >= 11 is 7.21. The molecule has 0 saturated carbocycles. The Balaban J connectivity index is 1.31. The predicted octanol–water partition coefficient (Wildman–Crippen LogP) is 5.10. The van der Waals surface area contributed by atoms with E-state index in [0.29, 0.717) is 27.4 Å². The van der Waals surface area contributed by atoms with E-state index < -0.39 is 5.91 Å². The highest BCUT2D eigenvalue weighted by atomic mass is 35.5. The third-order valence-corrected chi connectivity index (χ3v) is 5.27. The lowest BCUT2D eigenvalue weighted by Gasteiger charge is -2.00. The van der Waals surface area contributed by atoms with Crippen molar-refractivity contribution in [1.29, 1.82) is 0 Å². The number of ether oxygens (including phenoxy) is 2. The molecule has 9 heteroatoms. The van der Waals surface area contributed by atoms with Crippen LogP contribution in [0.3, 0.4) is 0 Å². The van der Waals surface area contributed by atoms with E-state index in [-0.39, 0.29) is 12.5 Å². The highest BCUT2D eigenvalue weighted by Crippen LogP contribution is 2.36. The maximum absolute atomic E-state index is 12.5. The maximum Gasteiger partial charge on any atom is 0.279 e. The zero-order chi connectivity index (χ0) is 19.8. The molecule has 0 spiro atoms. The summed E-state index contributed by atoms with van der Waals surface area (Å²) in [6.07, 6.45) is 0. The first kappa shape index (κ1) is 17.7. The van der Waals surface area contributed by atoms with Crippen molar-refractivity contribution in [2.75, 3.05) is 12.1 Å². The minimum atomic E-state index is -0.402. The lowest BCUT2D eigenvalue weighted by molar-refractivity contribution is 0.101. The second kappa shape index (κ2) is 7.23. The van der Waals surface area contributed by atoms with Crippen molar-refractivity contribution < 1.29 is 18.8 Å². The van der Waals surface area contributed by atoms with Crippen LogP contribution in [0.5, 0.6) is 11.5 Å². The summed E-state index contributed by atoms with van der Waals surface area (Å²) in [4.78, 5) is 17.0. The number of anilines is 1. The number of carbonyl (C=O) groups is 1. The number of halogens is 1. The molecule has 144 valence electrons. The van der Waals surface area contributed by atoms with Gasteiger partial charge in [-0.05, 0) is 42.5 Å². The smallest absolute Gasteiger partial charge is 0.279 e. The Morgan fingerprint density at radius 2 is 1.83 bits per heavy atom. The van der Waals surface area contributed by atoms with E-state index in [1.165, 1.54) is 11.3 Å². The van der Waals surface area contributed by atoms with Crippen LogP contribution in [0.1, 0.15) is 10.5 Å². The van der Waals surface area contributed by atoms with Crippen LogP contribution in [-0.2, 0) is 0 Å². The van der Waals surface area contributed by atoms with Gasteiger partial charge >= 0.3 is 0 Å². The number of benzene rings is 2. The summed E-state index contributed by atoms with van der Waals surface area (Å²) < 4.78 is 16.0. The van der Waals surface area contributed by atoms with Crippen molar-refractivity contribution >= 4 is 34.0 Å². The zero-order valence-electron chi connectivity index (χ0n) is 14.7. The third kappa shape index (κ3) is 3.55. The first-order chi connectivity index (χ1) is 14.2. The molecule has 2 aromatic carbocycles. The van der Waals surface area contributed by atoms with Crippen LogP contribution >= 0.6 is 22.9 Å². The highest BCUT2D eigenvalue weighted by Gasteiger charge is 2.17. The Hall–Kier alpha value is -3.36. The molecule has 1 aliphatic rings. The van der Waals surface area contributed by atoms with Gasteiger partial charge in [-0.2, -0.15) is 0 Å². The number of carbonyl (C=O) groups excluding carboxylic acids is 1. The SMILES string of the molecule is O=C(Nc1nc(-c2ccc3c(c2)OCO3)cs1)c1cc(-c2ccc(Cl)cc2)on1.